The fourth-order valence-corrected chi connectivity index (χ4v) is 3.37. The predicted octanol–water partition coefficient (Wildman–Crippen LogP) is 2.77. The molecule has 19 heavy (non-hydrogen) atoms. The second-order valence-corrected chi connectivity index (χ2v) is 7.18. The molecule has 1 unspecified atom stereocenters. The smallest absolute Gasteiger partial charge is 0.133 e. The molecule has 2 heterocycles. The molecule has 1 aromatic heterocycles. The minimum atomic E-state index is 0.687. The van der Waals surface area contributed by atoms with Gasteiger partial charge in [-0.3, -0.25) is 0 Å². The Balaban J connectivity index is 2.02. The molecule has 1 fully saturated rings. The zero-order valence-corrected chi connectivity index (χ0v) is 13.0. The summed E-state index contributed by atoms with van der Waals surface area (Å²) in [6.07, 6.45) is 1.91. The Hall–Kier alpha value is -0.740. The molecule has 1 aliphatic heterocycles. The Bertz CT molecular complexity index is 395. The summed E-state index contributed by atoms with van der Waals surface area (Å²) in [5.74, 6) is 3.06. The number of nitrogens with one attached hydrogen (secondary N) is 1. The molecule has 3 nitrogen and oxygen atoms in total. The monoisotopic (exact) mass is 279 g/mol. The van der Waals surface area contributed by atoms with Gasteiger partial charge in [-0.05, 0) is 18.5 Å². The highest BCUT2D eigenvalue weighted by atomic mass is 32.2. The summed E-state index contributed by atoms with van der Waals surface area (Å²) in [6, 6.07) is 4.24. The van der Waals surface area contributed by atoms with E-state index in [2.05, 4.69) is 53.8 Å². The number of nitrogens with zero attached hydrogens (tertiary/aromatic N) is 2. The third-order valence-corrected chi connectivity index (χ3v) is 4.41. The molecular weight excluding hydrogens is 254 g/mol. The van der Waals surface area contributed by atoms with Crippen molar-refractivity contribution >= 4 is 17.6 Å². The number of hydrogen-bond acceptors (Lipinski definition) is 4. The van der Waals surface area contributed by atoms with Crippen molar-refractivity contribution < 1.29 is 0 Å². The van der Waals surface area contributed by atoms with E-state index in [4.69, 9.17) is 0 Å². The third-order valence-electron chi connectivity index (χ3n) is 3.28. The van der Waals surface area contributed by atoms with Gasteiger partial charge in [0.1, 0.15) is 5.82 Å². The first kappa shape index (κ1) is 14.7. The minimum Gasteiger partial charge on any atom is -0.354 e. The topological polar surface area (TPSA) is 28.2 Å². The van der Waals surface area contributed by atoms with Gasteiger partial charge in [-0.1, -0.05) is 26.8 Å². The van der Waals surface area contributed by atoms with Crippen LogP contribution >= 0.6 is 11.8 Å². The minimum absolute atomic E-state index is 0.687. The van der Waals surface area contributed by atoms with E-state index in [0.717, 1.165) is 26.2 Å². The average Bonchev–Trinajstić information content (AvgIpc) is 2.39. The Morgan fingerprint density at radius 2 is 2.37 bits per heavy atom. The molecule has 4 heteroatoms. The number of pyridine rings is 1. The average molecular weight is 279 g/mol. The van der Waals surface area contributed by atoms with Gasteiger partial charge < -0.3 is 10.2 Å². The number of rotatable bonds is 5. The Kier molecular flexibility index (Phi) is 5.52. The molecule has 1 atom stereocenters. The highest BCUT2D eigenvalue weighted by Gasteiger charge is 2.19. The molecule has 0 aliphatic carbocycles. The van der Waals surface area contributed by atoms with Gasteiger partial charge in [-0.2, -0.15) is 11.8 Å². The fourth-order valence-electron chi connectivity index (χ4n) is 2.36. The van der Waals surface area contributed by atoms with Crippen LogP contribution < -0.4 is 10.2 Å². The van der Waals surface area contributed by atoms with Gasteiger partial charge in [0.25, 0.3) is 0 Å². The van der Waals surface area contributed by atoms with E-state index in [0.29, 0.717) is 11.2 Å². The molecule has 0 aromatic carbocycles. The molecule has 0 radical (unpaired) electrons. The lowest BCUT2D eigenvalue weighted by atomic mass is 10.2. The van der Waals surface area contributed by atoms with Crippen LogP contribution in [0.3, 0.4) is 0 Å². The summed E-state index contributed by atoms with van der Waals surface area (Å²) in [5.41, 5.74) is 1.32. The van der Waals surface area contributed by atoms with E-state index in [1.807, 2.05) is 12.3 Å². The maximum Gasteiger partial charge on any atom is 0.133 e. The zero-order chi connectivity index (χ0) is 13.7. The first-order valence-corrected chi connectivity index (χ1v) is 8.23. The van der Waals surface area contributed by atoms with E-state index >= 15 is 0 Å². The van der Waals surface area contributed by atoms with Crippen molar-refractivity contribution in [2.75, 3.05) is 30.3 Å². The number of aromatic nitrogens is 1. The molecule has 0 spiro atoms. The van der Waals surface area contributed by atoms with E-state index in [1.54, 1.807) is 0 Å². The van der Waals surface area contributed by atoms with Gasteiger partial charge in [0.15, 0.2) is 0 Å². The molecule has 2 rings (SSSR count). The van der Waals surface area contributed by atoms with Gasteiger partial charge in [-0.25, -0.2) is 4.98 Å². The van der Waals surface area contributed by atoms with Crippen molar-refractivity contribution in [2.45, 2.75) is 32.6 Å². The van der Waals surface area contributed by atoms with Crippen LogP contribution in [0.4, 0.5) is 5.82 Å². The van der Waals surface area contributed by atoms with Crippen LogP contribution in [0, 0.1) is 5.92 Å². The second-order valence-electron chi connectivity index (χ2n) is 5.64. The van der Waals surface area contributed by atoms with Gasteiger partial charge in [0, 0.05) is 42.4 Å². The van der Waals surface area contributed by atoms with E-state index in [1.165, 1.54) is 17.1 Å². The fraction of sp³-hybridized carbons (Fsp3) is 0.667. The van der Waals surface area contributed by atoms with Crippen molar-refractivity contribution in [3.8, 4) is 0 Å². The number of anilines is 1. The van der Waals surface area contributed by atoms with Crippen molar-refractivity contribution in [3.05, 3.63) is 23.9 Å². The van der Waals surface area contributed by atoms with E-state index in [9.17, 15) is 0 Å². The Morgan fingerprint density at radius 3 is 3.11 bits per heavy atom. The molecular formula is C15H25N3S. The molecule has 0 saturated carbocycles. The van der Waals surface area contributed by atoms with Gasteiger partial charge in [0.05, 0.1) is 0 Å². The molecule has 1 N–H and O–H groups in total. The third kappa shape index (κ3) is 4.39. The van der Waals surface area contributed by atoms with E-state index < -0.39 is 0 Å². The first-order valence-electron chi connectivity index (χ1n) is 7.18. The van der Waals surface area contributed by atoms with Crippen molar-refractivity contribution in [3.63, 3.8) is 0 Å². The summed E-state index contributed by atoms with van der Waals surface area (Å²) < 4.78 is 0. The van der Waals surface area contributed by atoms with Crippen LogP contribution in [0.25, 0.3) is 0 Å². The first-order chi connectivity index (χ1) is 9.16. The maximum absolute atomic E-state index is 4.61. The summed E-state index contributed by atoms with van der Waals surface area (Å²) in [6.45, 7) is 11.0. The maximum atomic E-state index is 4.61. The molecule has 1 saturated heterocycles. The second kappa shape index (κ2) is 7.15. The van der Waals surface area contributed by atoms with Crippen molar-refractivity contribution in [2.24, 2.45) is 5.92 Å². The van der Waals surface area contributed by atoms with Gasteiger partial charge in [-0.15, -0.1) is 0 Å². The predicted molar refractivity (Wildman–Crippen MR) is 84.9 cm³/mol. The highest BCUT2D eigenvalue weighted by molar-refractivity contribution is 8.00. The summed E-state index contributed by atoms with van der Waals surface area (Å²) in [4.78, 5) is 7.05. The van der Waals surface area contributed by atoms with Crippen LogP contribution in [0.15, 0.2) is 18.3 Å². The summed E-state index contributed by atoms with van der Waals surface area (Å²) in [5, 5.41) is 4.22. The SMILES string of the molecule is CC(C)CNCc1cccnc1N1CCSC(C)C1. The van der Waals surface area contributed by atoms with Crippen molar-refractivity contribution in [1.82, 2.24) is 10.3 Å². The molecule has 0 bridgehead atoms. The van der Waals surface area contributed by atoms with Crippen molar-refractivity contribution in [1.29, 1.82) is 0 Å². The largest absolute Gasteiger partial charge is 0.354 e. The van der Waals surface area contributed by atoms with Crippen LogP contribution in [0.1, 0.15) is 26.3 Å². The number of hydrogen-bond donors (Lipinski definition) is 1. The lowest BCUT2D eigenvalue weighted by molar-refractivity contribution is 0.551. The lowest BCUT2D eigenvalue weighted by Crippen LogP contribution is -2.38. The summed E-state index contributed by atoms with van der Waals surface area (Å²) >= 11 is 2.06. The molecule has 1 aromatic rings. The highest BCUT2D eigenvalue weighted by Crippen LogP contribution is 2.24. The van der Waals surface area contributed by atoms with Crippen LogP contribution in [-0.2, 0) is 6.54 Å². The van der Waals surface area contributed by atoms with Gasteiger partial charge >= 0.3 is 0 Å². The van der Waals surface area contributed by atoms with E-state index in [-0.39, 0.29) is 0 Å². The van der Waals surface area contributed by atoms with Gasteiger partial charge in [0.2, 0.25) is 0 Å². The van der Waals surface area contributed by atoms with Crippen LogP contribution in [0.5, 0.6) is 0 Å². The summed E-state index contributed by atoms with van der Waals surface area (Å²) in [7, 11) is 0. The Morgan fingerprint density at radius 1 is 1.53 bits per heavy atom. The molecule has 1 aliphatic rings. The number of thioether (sulfide) groups is 1. The molecule has 0 amide bonds. The zero-order valence-electron chi connectivity index (χ0n) is 12.2. The normalized spacial score (nSPS) is 20.0. The van der Waals surface area contributed by atoms with Crippen LogP contribution in [0.2, 0.25) is 0 Å². The standard InChI is InChI=1S/C15H25N3S/c1-12(2)9-16-10-14-5-4-6-17-15(14)18-7-8-19-13(3)11-18/h4-6,12-13,16H,7-11H2,1-3H3. The lowest BCUT2D eigenvalue weighted by Gasteiger charge is -2.32. The quantitative estimate of drug-likeness (QED) is 0.897. The Labute approximate surface area is 121 Å². The van der Waals surface area contributed by atoms with Crippen LogP contribution in [-0.4, -0.2) is 35.6 Å². The molecule has 106 valence electrons.